The highest BCUT2D eigenvalue weighted by molar-refractivity contribution is 7.89. The van der Waals surface area contributed by atoms with Crippen LogP contribution in [0.25, 0.3) is 0 Å². The Hall–Kier alpha value is -2.39. The second-order valence-electron chi connectivity index (χ2n) is 6.31. The van der Waals surface area contributed by atoms with E-state index in [9.17, 15) is 13.2 Å². The zero-order valence-electron chi connectivity index (χ0n) is 14.9. The van der Waals surface area contributed by atoms with Gasteiger partial charge in [0, 0.05) is 24.8 Å². The SMILES string of the molecule is Cc1cc(C)n(CCCNS(=O)(=O)c2ccc3c(c2)O[C@@H](C)C(=O)N3)n1. The Balaban J connectivity index is 1.62. The Kier molecular flexibility index (Phi) is 5.01. The number of sulfonamides is 1. The van der Waals surface area contributed by atoms with E-state index < -0.39 is 16.1 Å². The molecule has 2 N–H and O–H groups in total. The lowest BCUT2D eigenvalue weighted by atomic mass is 10.2. The zero-order chi connectivity index (χ0) is 18.9. The number of ether oxygens (including phenoxy) is 1. The van der Waals surface area contributed by atoms with Crippen LogP contribution >= 0.6 is 0 Å². The van der Waals surface area contributed by atoms with Crippen LogP contribution in [-0.4, -0.2) is 36.8 Å². The molecule has 140 valence electrons. The topological polar surface area (TPSA) is 102 Å². The second kappa shape index (κ2) is 7.08. The maximum atomic E-state index is 12.5. The average molecular weight is 378 g/mol. The van der Waals surface area contributed by atoms with Crippen LogP contribution < -0.4 is 14.8 Å². The van der Waals surface area contributed by atoms with Crippen molar-refractivity contribution in [3.05, 3.63) is 35.7 Å². The van der Waals surface area contributed by atoms with Gasteiger partial charge in [0.2, 0.25) is 10.0 Å². The molecular formula is C17H22N4O4S. The highest BCUT2D eigenvalue weighted by atomic mass is 32.2. The zero-order valence-corrected chi connectivity index (χ0v) is 15.8. The minimum absolute atomic E-state index is 0.103. The molecule has 1 aliphatic rings. The van der Waals surface area contributed by atoms with Crippen molar-refractivity contribution in [1.29, 1.82) is 0 Å². The van der Waals surface area contributed by atoms with Crippen molar-refractivity contribution < 1.29 is 17.9 Å². The van der Waals surface area contributed by atoms with E-state index in [1.54, 1.807) is 6.92 Å². The molecule has 8 nitrogen and oxygen atoms in total. The number of nitrogens with zero attached hydrogens (tertiary/aromatic N) is 2. The fraction of sp³-hybridized carbons (Fsp3) is 0.412. The van der Waals surface area contributed by atoms with Gasteiger partial charge in [-0.25, -0.2) is 13.1 Å². The third-order valence-corrected chi connectivity index (χ3v) is 5.60. The Morgan fingerprint density at radius 3 is 2.77 bits per heavy atom. The average Bonchev–Trinajstić information content (AvgIpc) is 2.90. The van der Waals surface area contributed by atoms with Gasteiger partial charge in [-0.15, -0.1) is 0 Å². The summed E-state index contributed by atoms with van der Waals surface area (Å²) in [4.78, 5) is 11.7. The molecule has 1 atom stereocenters. The molecule has 1 aromatic carbocycles. The van der Waals surface area contributed by atoms with Crippen molar-refractivity contribution in [2.45, 2.75) is 44.7 Å². The summed E-state index contributed by atoms with van der Waals surface area (Å²) in [5.74, 6) is 0.0954. The lowest BCUT2D eigenvalue weighted by molar-refractivity contribution is -0.122. The van der Waals surface area contributed by atoms with Gasteiger partial charge >= 0.3 is 0 Å². The molecule has 0 radical (unpaired) electrons. The summed E-state index contributed by atoms with van der Waals surface area (Å²) >= 11 is 0. The highest BCUT2D eigenvalue weighted by Crippen LogP contribution is 2.31. The standard InChI is InChI=1S/C17H22N4O4S/c1-11-9-12(2)21(20-11)8-4-7-18-26(23,24)14-5-6-15-16(10-14)25-13(3)17(22)19-15/h5-6,9-10,13,18H,4,7-8H2,1-3H3,(H,19,22)/t13-/m0/s1. The summed E-state index contributed by atoms with van der Waals surface area (Å²) in [5, 5.41) is 7.03. The highest BCUT2D eigenvalue weighted by Gasteiger charge is 2.25. The molecule has 0 unspecified atom stereocenters. The second-order valence-corrected chi connectivity index (χ2v) is 8.08. The van der Waals surface area contributed by atoms with Crippen molar-refractivity contribution in [2.75, 3.05) is 11.9 Å². The number of carbonyl (C=O) groups excluding carboxylic acids is 1. The Morgan fingerprint density at radius 2 is 2.08 bits per heavy atom. The van der Waals surface area contributed by atoms with E-state index in [0.29, 0.717) is 30.9 Å². The Morgan fingerprint density at radius 1 is 1.31 bits per heavy atom. The number of hydrogen-bond acceptors (Lipinski definition) is 5. The van der Waals surface area contributed by atoms with E-state index in [4.69, 9.17) is 4.74 Å². The van der Waals surface area contributed by atoms with Crippen LogP contribution in [0, 0.1) is 13.8 Å². The molecule has 26 heavy (non-hydrogen) atoms. The first-order valence-electron chi connectivity index (χ1n) is 8.38. The normalized spacial score (nSPS) is 16.7. The van der Waals surface area contributed by atoms with Crippen LogP contribution in [0.5, 0.6) is 5.75 Å². The van der Waals surface area contributed by atoms with Crippen LogP contribution in [-0.2, 0) is 21.4 Å². The van der Waals surface area contributed by atoms with E-state index in [1.807, 2.05) is 24.6 Å². The van der Waals surface area contributed by atoms with Gasteiger partial charge in [-0.1, -0.05) is 0 Å². The van der Waals surface area contributed by atoms with E-state index in [2.05, 4.69) is 15.1 Å². The van der Waals surface area contributed by atoms with Crippen molar-refractivity contribution >= 4 is 21.6 Å². The molecule has 0 spiro atoms. The number of aryl methyl sites for hydroxylation is 3. The van der Waals surface area contributed by atoms with Crippen LogP contribution in [0.4, 0.5) is 5.69 Å². The summed E-state index contributed by atoms with van der Waals surface area (Å²) in [7, 11) is -3.66. The summed E-state index contributed by atoms with van der Waals surface area (Å²) in [6, 6.07) is 6.39. The summed E-state index contributed by atoms with van der Waals surface area (Å²) in [6.07, 6.45) is -0.0374. The minimum atomic E-state index is -3.66. The molecule has 1 amide bonds. The van der Waals surface area contributed by atoms with Gasteiger partial charge in [0.15, 0.2) is 6.10 Å². The molecule has 1 aliphatic heterocycles. The third-order valence-electron chi connectivity index (χ3n) is 4.14. The number of aromatic nitrogens is 2. The van der Waals surface area contributed by atoms with E-state index >= 15 is 0 Å². The predicted molar refractivity (Wildman–Crippen MR) is 96.7 cm³/mol. The molecule has 2 heterocycles. The van der Waals surface area contributed by atoms with Crippen molar-refractivity contribution in [3.8, 4) is 5.75 Å². The fourth-order valence-corrected chi connectivity index (χ4v) is 3.86. The number of carbonyl (C=O) groups is 1. The number of rotatable bonds is 6. The molecule has 0 bridgehead atoms. The van der Waals surface area contributed by atoms with Crippen molar-refractivity contribution in [2.24, 2.45) is 0 Å². The summed E-state index contributed by atoms with van der Waals surface area (Å²) < 4.78 is 34.9. The number of fused-ring (bicyclic) bond motifs is 1. The number of nitrogens with one attached hydrogen (secondary N) is 2. The largest absolute Gasteiger partial charge is 0.479 e. The molecule has 3 rings (SSSR count). The number of amides is 1. The van der Waals surface area contributed by atoms with E-state index in [-0.39, 0.29) is 10.8 Å². The Bertz CT molecular complexity index is 936. The molecule has 0 saturated carbocycles. The van der Waals surface area contributed by atoms with Crippen LogP contribution in [0.3, 0.4) is 0 Å². The van der Waals surface area contributed by atoms with Crippen molar-refractivity contribution in [1.82, 2.24) is 14.5 Å². The van der Waals surface area contributed by atoms with Gasteiger partial charge in [0.1, 0.15) is 5.75 Å². The number of hydrogen-bond donors (Lipinski definition) is 2. The minimum Gasteiger partial charge on any atom is -0.479 e. The smallest absolute Gasteiger partial charge is 0.265 e. The maximum absolute atomic E-state index is 12.5. The molecule has 0 aliphatic carbocycles. The first-order valence-corrected chi connectivity index (χ1v) is 9.87. The summed E-state index contributed by atoms with van der Waals surface area (Å²) in [6.45, 7) is 6.44. The molecule has 0 saturated heterocycles. The van der Waals surface area contributed by atoms with E-state index in [0.717, 1.165) is 11.4 Å². The lowest BCUT2D eigenvalue weighted by Crippen LogP contribution is -2.34. The van der Waals surface area contributed by atoms with E-state index in [1.165, 1.54) is 18.2 Å². The Labute approximate surface area is 152 Å². The summed E-state index contributed by atoms with van der Waals surface area (Å²) in [5.41, 5.74) is 2.46. The number of anilines is 1. The van der Waals surface area contributed by atoms with Gasteiger partial charge < -0.3 is 10.1 Å². The maximum Gasteiger partial charge on any atom is 0.265 e. The van der Waals surface area contributed by atoms with Gasteiger partial charge in [-0.2, -0.15) is 5.10 Å². The predicted octanol–water partition coefficient (Wildman–Crippen LogP) is 1.59. The fourth-order valence-electron chi connectivity index (χ4n) is 2.77. The monoisotopic (exact) mass is 378 g/mol. The van der Waals surface area contributed by atoms with Gasteiger partial charge in [0.25, 0.3) is 5.91 Å². The third kappa shape index (κ3) is 3.88. The quantitative estimate of drug-likeness (QED) is 0.743. The van der Waals surface area contributed by atoms with Crippen LogP contribution in [0.2, 0.25) is 0 Å². The molecule has 1 aromatic heterocycles. The van der Waals surface area contributed by atoms with Crippen LogP contribution in [0.1, 0.15) is 24.7 Å². The van der Waals surface area contributed by atoms with Gasteiger partial charge in [-0.3, -0.25) is 9.48 Å². The van der Waals surface area contributed by atoms with Gasteiger partial charge in [0.05, 0.1) is 16.3 Å². The first kappa shape index (κ1) is 18.4. The molecule has 9 heteroatoms. The van der Waals surface area contributed by atoms with Crippen LogP contribution in [0.15, 0.2) is 29.2 Å². The van der Waals surface area contributed by atoms with Gasteiger partial charge in [-0.05, 0) is 45.4 Å². The molecule has 0 fully saturated rings. The molecular weight excluding hydrogens is 356 g/mol. The number of benzene rings is 1. The molecule has 2 aromatic rings. The lowest BCUT2D eigenvalue weighted by Gasteiger charge is -2.23. The first-order chi connectivity index (χ1) is 12.3. The van der Waals surface area contributed by atoms with Crippen molar-refractivity contribution in [3.63, 3.8) is 0 Å².